The summed E-state index contributed by atoms with van der Waals surface area (Å²) in [6, 6.07) is 8.36. The summed E-state index contributed by atoms with van der Waals surface area (Å²) in [7, 11) is 0. The summed E-state index contributed by atoms with van der Waals surface area (Å²) in [5.74, 6) is 0.393. The highest BCUT2D eigenvalue weighted by Gasteiger charge is 2.13. The van der Waals surface area contributed by atoms with Crippen molar-refractivity contribution >= 4 is 11.3 Å². The molecule has 0 fully saturated rings. The molecule has 0 saturated heterocycles. The number of hydrogen-bond acceptors (Lipinski definition) is 3. The van der Waals surface area contributed by atoms with Crippen molar-refractivity contribution in [3.8, 4) is 10.6 Å². The number of rotatable bonds is 4. The Hall–Kier alpha value is -1.19. The number of nitrogens with two attached hydrogens (primary N) is 1. The quantitative estimate of drug-likeness (QED) is 0.895. The lowest BCUT2D eigenvalue weighted by Gasteiger charge is -2.07. The van der Waals surface area contributed by atoms with Crippen LogP contribution in [0.15, 0.2) is 29.6 Å². The molecule has 0 amide bonds. The van der Waals surface area contributed by atoms with Gasteiger partial charge >= 0.3 is 0 Å². The zero-order valence-electron chi connectivity index (χ0n) is 10.3. The molecular weight excluding hydrogens is 228 g/mol. The molecule has 90 valence electrons. The summed E-state index contributed by atoms with van der Waals surface area (Å²) < 4.78 is 0. The highest BCUT2D eigenvalue weighted by atomic mass is 32.1. The van der Waals surface area contributed by atoms with E-state index in [-0.39, 0.29) is 0 Å². The molecular formula is C14H18N2S. The van der Waals surface area contributed by atoms with E-state index in [2.05, 4.69) is 43.5 Å². The Morgan fingerprint density at radius 3 is 2.76 bits per heavy atom. The van der Waals surface area contributed by atoms with E-state index in [1.54, 1.807) is 11.3 Å². The fourth-order valence-electron chi connectivity index (χ4n) is 1.91. The molecule has 1 aromatic carbocycles. The average molecular weight is 246 g/mol. The number of hydrogen-bond donors (Lipinski definition) is 1. The van der Waals surface area contributed by atoms with Gasteiger partial charge < -0.3 is 5.73 Å². The van der Waals surface area contributed by atoms with Gasteiger partial charge in [-0.15, -0.1) is 11.3 Å². The lowest BCUT2D eigenvalue weighted by atomic mass is 10.0. The van der Waals surface area contributed by atoms with E-state index in [0.29, 0.717) is 12.5 Å². The Morgan fingerprint density at radius 1 is 1.35 bits per heavy atom. The average Bonchev–Trinajstić information content (AvgIpc) is 2.81. The van der Waals surface area contributed by atoms with Crippen LogP contribution in [0, 0.1) is 6.92 Å². The summed E-state index contributed by atoms with van der Waals surface area (Å²) >= 11 is 1.71. The Bertz CT molecular complexity index is 486. The number of nitrogens with zero attached hydrogens (tertiary/aromatic N) is 1. The second-order valence-electron chi connectivity index (χ2n) is 4.23. The fourth-order valence-corrected chi connectivity index (χ4v) is 2.90. The lowest BCUT2D eigenvalue weighted by molar-refractivity contribution is 0.659. The minimum absolute atomic E-state index is 0.393. The van der Waals surface area contributed by atoms with Crippen molar-refractivity contribution in [3.63, 3.8) is 0 Å². The molecule has 1 aromatic heterocycles. The van der Waals surface area contributed by atoms with E-state index < -0.39 is 0 Å². The van der Waals surface area contributed by atoms with Crippen molar-refractivity contribution in [2.45, 2.75) is 26.2 Å². The first-order valence-corrected chi connectivity index (χ1v) is 6.85. The zero-order valence-corrected chi connectivity index (χ0v) is 11.1. The van der Waals surface area contributed by atoms with Crippen molar-refractivity contribution in [2.75, 3.05) is 6.54 Å². The molecule has 0 radical (unpaired) electrons. The van der Waals surface area contributed by atoms with Crippen LogP contribution in [0.1, 0.15) is 30.5 Å². The van der Waals surface area contributed by atoms with Gasteiger partial charge in [-0.05, 0) is 18.9 Å². The van der Waals surface area contributed by atoms with Crippen molar-refractivity contribution in [1.82, 2.24) is 4.98 Å². The largest absolute Gasteiger partial charge is 0.330 e. The van der Waals surface area contributed by atoms with E-state index >= 15 is 0 Å². The third-order valence-corrected chi connectivity index (χ3v) is 3.99. The Morgan fingerprint density at radius 2 is 2.12 bits per heavy atom. The van der Waals surface area contributed by atoms with E-state index in [0.717, 1.165) is 17.1 Å². The first-order valence-electron chi connectivity index (χ1n) is 5.97. The van der Waals surface area contributed by atoms with Gasteiger partial charge in [0.1, 0.15) is 5.01 Å². The highest BCUT2D eigenvalue weighted by Crippen LogP contribution is 2.29. The minimum atomic E-state index is 0.393. The van der Waals surface area contributed by atoms with Crippen LogP contribution < -0.4 is 5.73 Å². The molecule has 2 nitrogen and oxygen atoms in total. The molecule has 2 aromatic rings. The molecule has 0 aliphatic carbocycles. The molecule has 0 aliphatic rings. The smallest absolute Gasteiger partial charge is 0.123 e. The van der Waals surface area contributed by atoms with Gasteiger partial charge in [-0.2, -0.15) is 0 Å². The van der Waals surface area contributed by atoms with Crippen LogP contribution >= 0.6 is 11.3 Å². The molecule has 1 atom stereocenters. The minimum Gasteiger partial charge on any atom is -0.330 e. The first kappa shape index (κ1) is 12.3. The van der Waals surface area contributed by atoms with E-state index in [9.17, 15) is 0 Å². The van der Waals surface area contributed by atoms with Gasteiger partial charge in [-0.3, -0.25) is 0 Å². The molecule has 0 spiro atoms. The van der Waals surface area contributed by atoms with Gasteiger partial charge in [0.05, 0.1) is 5.69 Å². The normalized spacial score (nSPS) is 12.6. The maximum absolute atomic E-state index is 5.76. The molecule has 17 heavy (non-hydrogen) atoms. The number of aryl methyl sites for hydroxylation is 1. The molecule has 2 N–H and O–H groups in total. The number of benzene rings is 1. The van der Waals surface area contributed by atoms with Gasteiger partial charge in [-0.25, -0.2) is 4.98 Å². The van der Waals surface area contributed by atoms with Gasteiger partial charge in [0.2, 0.25) is 0 Å². The van der Waals surface area contributed by atoms with Crippen LogP contribution in [0.5, 0.6) is 0 Å². The number of thiazole rings is 1. The molecule has 1 unspecified atom stereocenters. The molecule has 0 saturated carbocycles. The van der Waals surface area contributed by atoms with Crippen LogP contribution in [0.2, 0.25) is 0 Å². The predicted molar refractivity (Wildman–Crippen MR) is 74.4 cm³/mol. The van der Waals surface area contributed by atoms with Gasteiger partial charge in [0.25, 0.3) is 0 Å². The lowest BCUT2D eigenvalue weighted by Crippen LogP contribution is -2.11. The van der Waals surface area contributed by atoms with Crippen LogP contribution in [0.4, 0.5) is 0 Å². The topological polar surface area (TPSA) is 38.9 Å². The van der Waals surface area contributed by atoms with Crippen LogP contribution in [-0.4, -0.2) is 11.5 Å². The Kier molecular flexibility index (Phi) is 3.92. The van der Waals surface area contributed by atoms with Gasteiger partial charge in [-0.1, -0.05) is 31.2 Å². The van der Waals surface area contributed by atoms with Crippen molar-refractivity contribution in [2.24, 2.45) is 5.73 Å². The second kappa shape index (κ2) is 5.43. The van der Waals surface area contributed by atoms with Crippen LogP contribution in [-0.2, 0) is 0 Å². The van der Waals surface area contributed by atoms with Crippen molar-refractivity contribution in [3.05, 3.63) is 40.9 Å². The van der Waals surface area contributed by atoms with Crippen LogP contribution in [0.3, 0.4) is 0 Å². The van der Waals surface area contributed by atoms with E-state index in [4.69, 9.17) is 10.7 Å². The Labute approximate surface area is 107 Å². The summed E-state index contributed by atoms with van der Waals surface area (Å²) in [5, 5.41) is 3.24. The van der Waals surface area contributed by atoms with Crippen molar-refractivity contribution in [1.29, 1.82) is 0 Å². The molecule has 3 heteroatoms. The highest BCUT2D eigenvalue weighted by molar-refractivity contribution is 7.13. The van der Waals surface area contributed by atoms with E-state index in [1.165, 1.54) is 11.1 Å². The van der Waals surface area contributed by atoms with Crippen LogP contribution in [0.25, 0.3) is 10.6 Å². The van der Waals surface area contributed by atoms with Gasteiger partial charge in [0.15, 0.2) is 0 Å². The number of aromatic nitrogens is 1. The van der Waals surface area contributed by atoms with Crippen molar-refractivity contribution < 1.29 is 0 Å². The predicted octanol–water partition coefficient (Wildman–Crippen LogP) is 3.57. The summed E-state index contributed by atoms with van der Waals surface area (Å²) in [6.45, 7) is 4.95. The maximum atomic E-state index is 5.76. The summed E-state index contributed by atoms with van der Waals surface area (Å²) in [4.78, 5) is 4.72. The summed E-state index contributed by atoms with van der Waals surface area (Å²) in [6.07, 6.45) is 1.05. The molecule has 0 bridgehead atoms. The molecule has 0 aliphatic heterocycles. The van der Waals surface area contributed by atoms with E-state index in [1.807, 2.05) is 0 Å². The van der Waals surface area contributed by atoms with Gasteiger partial charge in [0, 0.05) is 23.4 Å². The monoisotopic (exact) mass is 246 g/mol. The first-order chi connectivity index (χ1) is 8.26. The molecule has 2 rings (SSSR count). The second-order valence-corrected chi connectivity index (χ2v) is 5.09. The zero-order chi connectivity index (χ0) is 12.3. The standard InChI is InChI=1S/C14H18N2S/c1-3-11(8-15)13-9-17-14(16-13)12-7-5-4-6-10(12)2/h4-7,9,11H,3,8,15H2,1-2H3. The third-order valence-electron chi connectivity index (χ3n) is 3.09. The SMILES string of the molecule is CCC(CN)c1csc(-c2ccccc2C)n1. The molecule has 1 heterocycles. The fraction of sp³-hybridized carbons (Fsp3) is 0.357. The third kappa shape index (κ3) is 2.56. The maximum Gasteiger partial charge on any atom is 0.123 e. The Balaban J connectivity index is 2.33. The summed E-state index contributed by atoms with van der Waals surface area (Å²) in [5.41, 5.74) is 9.40.